The quantitative estimate of drug-likeness (QED) is 0.805. The van der Waals surface area contributed by atoms with Gasteiger partial charge in [0, 0.05) is 18.7 Å². The number of aryl methyl sites for hydroxylation is 1. The Balaban J connectivity index is 2.02. The molecule has 0 saturated heterocycles. The van der Waals surface area contributed by atoms with Crippen molar-refractivity contribution in [1.82, 2.24) is 9.78 Å². The first-order chi connectivity index (χ1) is 11.4. The van der Waals surface area contributed by atoms with Crippen LogP contribution >= 0.6 is 0 Å². The molecule has 7 nitrogen and oxygen atoms in total. The summed E-state index contributed by atoms with van der Waals surface area (Å²) in [6.07, 6.45) is 1.10. The van der Waals surface area contributed by atoms with E-state index in [1.807, 2.05) is 0 Å². The van der Waals surface area contributed by atoms with Crippen LogP contribution in [0.3, 0.4) is 0 Å². The van der Waals surface area contributed by atoms with Crippen molar-refractivity contribution in [3.63, 3.8) is 0 Å². The molecule has 24 heavy (non-hydrogen) atoms. The predicted octanol–water partition coefficient (Wildman–Crippen LogP) is 2.35. The SMILES string of the molecule is O=C(CCn1nccc1C(=O)O)Nc1ccc(F)cc1OC(F)F. The van der Waals surface area contributed by atoms with Gasteiger partial charge in [-0.1, -0.05) is 0 Å². The van der Waals surface area contributed by atoms with E-state index in [2.05, 4.69) is 15.2 Å². The molecule has 0 saturated carbocycles. The maximum atomic E-state index is 13.1. The highest BCUT2D eigenvalue weighted by Gasteiger charge is 2.15. The van der Waals surface area contributed by atoms with Crippen molar-refractivity contribution in [3.8, 4) is 5.75 Å². The van der Waals surface area contributed by atoms with Crippen molar-refractivity contribution < 1.29 is 32.6 Å². The van der Waals surface area contributed by atoms with Crippen LogP contribution in [0.25, 0.3) is 0 Å². The van der Waals surface area contributed by atoms with Crippen LogP contribution in [0.1, 0.15) is 16.9 Å². The van der Waals surface area contributed by atoms with Gasteiger partial charge in [0.1, 0.15) is 11.5 Å². The van der Waals surface area contributed by atoms with Crippen LogP contribution < -0.4 is 10.1 Å². The Morgan fingerprint density at radius 3 is 2.75 bits per heavy atom. The predicted molar refractivity (Wildman–Crippen MR) is 75.5 cm³/mol. The molecular formula is C14H12F3N3O4. The summed E-state index contributed by atoms with van der Waals surface area (Å²) < 4.78 is 42.9. The Hall–Kier alpha value is -3.04. The van der Waals surface area contributed by atoms with Gasteiger partial charge in [-0.05, 0) is 18.2 Å². The molecule has 1 heterocycles. The number of carboxylic acid groups (broad SMARTS) is 1. The van der Waals surface area contributed by atoms with Gasteiger partial charge in [-0.25, -0.2) is 9.18 Å². The zero-order valence-electron chi connectivity index (χ0n) is 12.1. The number of hydrogen-bond acceptors (Lipinski definition) is 4. The molecule has 0 fully saturated rings. The molecule has 1 aromatic heterocycles. The fraction of sp³-hybridized carbons (Fsp3) is 0.214. The van der Waals surface area contributed by atoms with Gasteiger partial charge in [0.05, 0.1) is 12.2 Å². The van der Waals surface area contributed by atoms with Gasteiger partial charge in [0.25, 0.3) is 0 Å². The van der Waals surface area contributed by atoms with Crippen LogP contribution in [-0.4, -0.2) is 33.4 Å². The maximum absolute atomic E-state index is 13.1. The van der Waals surface area contributed by atoms with E-state index in [9.17, 15) is 22.8 Å². The molecule has 0 aliphatic carbocycles. The highest BCUT2D eigenvalue weighted by atomic mass is 19.3. The number of aromatic carboxylic acids is 1. The monoisotopic (exact) mass is 343 g/mol. The third-order valence-corrected chi connectivity index (χ3v) is 2.92. The van der Waals surface area contributed by atoms with E-state index in [1.165, 1.54) is 12.3 Å². The third kappa shape index (κ3) is 4.48. The highest BCUT2D eigenvalue weighted by Crippen LogP contribution is 2.27. The Labute approximate surface area is 133 Å². The zero-order valence-corrected chi connectivity index (χ0v) is 12.1. The summed E-state index contributed by atoms with van der Waals surface area (Å²) in [6.45, 7) is -3.21. The maximum Gasteiger partial charge on any atom is 0.387 e. The lowest BCUT2D eigenvalue weighted by atomic mass is 10.2. The second-order valence-corrected chi connectivity index (χ2v) is 4.56. The van der Waals surface area contributed by atoms with Crippen LogP contribution in [-0.2, 0) is 11.3 Å². The summed E-state index contributed by atoms with van der Waals surface area (Å²) in [7, 11) is 0. The molecule has 128 valence electrons. The third-order valence-electron chi connectivity index (χ3n) is 2.92. The second kappa shape index (κ2) is 7.49. The first kappa shape index (κ1) is 17.3. The molecule has 1 aromatic carbocycles. The van der Waals surface area contributed by atoms with Crippen LogP contribution in [0, 0.1) is 5.82 Å². The van der Waals surface area contributed by atoms with Gasteiger partial charge in [-0.15, -0.1) is 0 Å². The molecule has 1 amide bonds. The van der Waals surface area contributed by atoms with Crippen molar-refractivity contribution in [2.45, 2.75) is 19.6 Å². The topological polar surface area (TPSA) is 93.5 Å². The van der Waals surface area contributed by atoms with Crippen LogP contribution in [0.2, 0.25) is 0 Å². The lowest BCUT2D eigenvalue weighted by molar-refractivity contribution is -0.116. The Morgan fingerprint density at radius 2 is 2.08 bits per heavy atom. The molecule has 0 aliphatic rings. The average Bonchev–Trinajstić information content (AvgIpc) is 2.96. The summed E-state index contributed by atoms with van der Waals surface area (Å²) in [6, 6.07) is 4.05. The summed E-state index contributed by atoms with van der Waals surface area (Å²) in [5.74, 6) is -3.11. The van der Waals surface area contributed by atoms with E-state index in [1.54, 1.807) is 0 Å². The Morgan fingerprint density at radius 1 is 1.33 bits per heavy atom. The lowest BCUT2D eigenvalue weighted by Gasteiger charge is -2.12. The summed E-state index contributed by atoms with van der Waals surface area (Å²) in [4.78, 5) is 22.8. The summed E-state index contributed by atoms with van der Waals surface area (Å²) in [5, 5.41) is 15.0. The minimum absolute atomic E-state index is 0.0350. The molecule has 0 atom stereocenters. The second-order valence-electron chi connectivity index (χ2n) is 4.56. The number of rotatable bonds is 7. The highest BCUT2D eigenvalue weighted by molar-refractivity contribution is 5.92. The number of aromatic nitrogens is 2. The molecule has 2 N–H and O–H groups in total. The van der Waals surface area contributed by atoms with Gasteiger partial charge >= 0.3 is 12.6 Å². The van der Waals surface area contributed by atoms with E-state index in [0.717, 1.165) is 22.9 Å². The summed E-state index contributed by atoms with van der Waals surface area (Å²) >= 11 is 0. The number of anilines is 1. The molecule has 0 spiro atoms. The van der Waals surface area contributed by atoms with Crippen molar-refractivity contribution in [3.05, 3.63) is 42.0 Å². The number of carboxylic acids is 1. The van der Waals surface area contributed by atoms with Crippen molar-refractivity contribution >= 4 is 17.6 Å². The number of nitrogens with zero attached hydrogens (tertiary/aromatic N) is 2. The van der Waals surface area contributed by atoms with Gasteiger partial charge in [-0.3, -0.25) is 9.48 Å². The van der Waals surface area contributed by atoms with E-state index >= 15 is 0 Å². The first-order valence-corrected chi connectivity index (χ1v) is 6.66. The molecule has 2 aromatic rings. The normalized spacial score (nSPS) is 10.7. The van der Waals surface area contributed by atoms with Gasteiger partial charge in [0.15, 0.2) is 5.75 Å². The van der Waals surface area contributed by atoms with Crippen LogP contribution in [0.4, 0.5) is 18.9 Å². The standard InChI is InChI=1S/C14H12F3N3O4/c15-8-1-2-9(11(7-8)24-14(16)17)19-12(21)4-6-20-10(13(22)23)3-5-18-20/h1-3,5,7,14H,4,6H2,(H,19,21)(H,22,23). The van der Waals surface area contributed by atoms with Gasteiger partial charge in [0.2, 0.25) is 5.91 Å². The fourth-order valence-electron chi connectivity index (χ4n) is 1.91. The lowest BCUT2D eigenvalue weighted by Crippen LogP contribution is -2.18. The Bertz CT molecular complexity index is 749. The molecule has 0 aliphatic heterocycles. The fourth-order valence-corrected chi connectivity index (χ4v) is 1.91. The number of hydrogen-bond donors (Lipinski definition) is 2. The Kier molecular flexibility index (Phi) is 5.40. The van der Waals surface area contributed by atoms with Crippen molar-refractivity contribution in [2.24, 2.45) is 0 Å². The molecule has 0 radical (unpaired) electrons. The van der Waals surface area contributed by atoms with Gasteiger partial charge in [-0.2, -0.15) is 13.9 Å². The molecule has 2 rings (SSSR count). The van der Waals surface area contributed by atoms with Crippen molar-refractivity contribution in [1.29, 1.82) is 0 Å². The number of nitrogens with one attached hydrogen (secondary N) is 1. The largest absolute Gasteiger partial charge is 0.477 e. The van der Waals surface area contributed by atoms with E-state index in [-0.39, 0.29) is 24.3 Å². The van der Waals surface area contributed by atoms with Gasteiger partial charge < -0.3 is 15.2 Å². The van der Waals surface area contributed by atoms with Crippen LogP contribution in [0.15, 0.2) is 30.5 Å². The molecular weight excluding hydrogens is 331 g/mol. The smallest absolute Gasteiger partial charge is 0.387 e. The minimum atomic E-state index is -3.18. The number of benzene rings is 1. The molecule has 10 heteroatoms. The zero-order chi connectivity index (χ0) is 17.7. The number of carbonyl (C=O) groups is 2. The number of halogens is 3. The first-order valence-electron chi connectivity index (χ1n) is 6.66. The van der Waals surface area contributed by atoms with E-state index in [0.29, 0.717) is 0 Å². The average molecular weight is 343 g/mol. The summed E-state index contributed by atoms with van der Waals surface area (Å²) in [5.41, 5.74) is -0.216. The number of amides is 1. The molecule has 0 unspecified atom stereocenters. The van der Waals surface area contributed by atoms with Crippen LogP contribution in [0.5, 0.6) is 5.75 Å². The van der Waals surface area contributed by atoms with Crippen molar-refractivity contribution in [2.75, 3.05) is 5.32 Å². The number of carbonyl (C=O) groups excluding carboxylic acids is 1. The van der Waals surface area contributed by atoms with E-state index in [4.69, 9.17) is 5.11 Å². The number of ether oxygens (including phenoxy) is 1. The van der Waals surface area contributed by atoms with E-state index < -0.39 is 30.1 Å². The number of alkyl halides is 2. The molecule has 0 bridgehead atoms. The minimum Gasteiger partial charge on any atom is -0.477 e.